The van der Waals surface area contributed by atoms with Crippen molar-refractivity contribution in [2.75, 3.05) is 6.61 Å². The van der Waals surface area contributed by atoms with Gasteiger partial charge in [0.05, 0.1) is 12.6 Å². The van der Waals surface area contributed by atoms with Crippen molar-refractivity contribution in [2.45, 2.75) is 32.2 Å². The summed E-state index contributed by atoms with van der Waals surface area (Å²) < 4.78 is 4.86. The van der Waals surface area contributed by atoms with Gasteiger partial charge in [0.2, 0.25) is 0 Å². The molecule has 1 aliphatic heterocycles. The zero-order valence-electron chi connectivity index (χ0n) is 9.69. The number of carbonyl (C=O) groups is 1. The van der Waals surface area contributed by atoms with E-state index in [1.807, 2.05) is 6.07 Å². The van der Waals surface area contributed by atoms with Crippen LogP contribution in [0.5, 0.6) is 0 Å². The minimum atomic E-state index is -0.314. The van der Waals surface area contributed by atoms with Crippen LogP contribution in [0.25, 0.3) is 0 Å². The average molecular weight is 219 g/mol. The number of rotatable bonds is 2. The van der Waals surface area contributed by atoms with Gasteiger partial charge in [-0.1, -0.05) is 38.1 Å². The van der Waals surface area contributed by atoms with Gasteiger partial charge in [-0.15, -0.1) is 0 Å². The summed E-state index contributed by atoms with van der Waals surface area (Å²) in [5.74, 6) is 0.510. The number of alkyl carbamates (subject to hydrolysis) is 1. The van der Waals surface area contributed by atoms with Crippen LogP contribution in [-0.2, 0) is 4.74 Å². The van der Waals surface area contributed by atoms with E-state index in [1.165, 1.54) is 11.1 Å². The third kappa shape index (κ3) is 2.35. The molecule has 1 amide bonds. The Labute approximate surface area is 95.8 Å². The van der Waals surface area contributed by atoms with Crippen molar-refractivity contribution in [1.29, 1.82) is 0 Å². The smallest absolute Gasteiger partial charge is 0.407 e. The van der Waals surface area contributed by atoms with E-state index in [4.69, 9.17) is 4.74 Å². The van der Waals surface area contributed by atoms with Gasteiger partial charge in [0.15, 0.2) is 0 Å². The maximum absolute atomic E-state index is 11.1. The molecule has 16 heavy (non-hydrogen) atoms. The van der Waals surface area contributed by atoms with Crippen molar-refractivity contribution in [2.24, 2.45) is 0 Å². The molecular formula is C13H17NO2. The van der Waals surface area contributed by atoms with Gasteiger partial charge in [-0.05, 0) is 17.0 Å². The van der Waals surface area contributed by atoms with E-state index in [2.05, 4.69) is 37.4 Å². The molecule has 1 saturated heterocycles. The van der Waals surface area contributed by atoms with Crippen molar-refractivity contribution < 1.29 is 9.53 Å². The zero-order chi connectivity index (χ0) is 11.5. The lowest BCUT2D eigenvalue weighted by molar-refractivity contribution is 0.115. The summed E-state index contributed by atoms with van der Waals surface area (Å²) in [6, 6.07) is 8.49. The molecule has 3 heteroatoms. The largest absolute Gasteiger partial charge is 0.449 e. The molecule has 1 aromatic rings. The van der Waals surface area contributed by atoms with Gasteiger partial charge in [0.1, 0.15) is 0 Å². The Balaban J connectivity index is 2.19. The first-order chi connectivity index (χ1) is 7.66. The van der Waals surface area contributed by atoms with Gasteiger partial charge >= 0.3 is 6.09 Å². The number of hydrogen-bond donors (Lipinski definition) is 1. The van der Waals surface area contributed by atoms with Gasteiger partial charge in [-0.25, -0.2) is 4.79 Å². The molecule has 0 saturated carbocycles. The summed E-state index contributed by atoms with van der Waals surface area (Å²) >= 11 is 0. The normalized spacial score (nSPS) is 20.4. The second-order valence-electron chi connectivity index (χ2n) is 4.45. The number of hydrogen-bond acceptors (Lipinski definition) is 2. The summed E-state index contributed by atoms with van der Waals surface area (Å²) in [5.41, 5.74) is 2.47. The molecular weight excluding hydrogens is 202 g/mol. The predicted octanol–water partition coefficient (Wildman–Crippen LogP) is 2.98. The Morgan fingerprint density at radius 2 is 2.25 bits per heavy atom. The Morgan fingerprint density at radius 1 is 1.44 bits per heavy atom. The lowest BCUT2D eigenvalue weighted by Gasteiger charge is -2.24. The Morgan fingerprint density at radius 3 is 2.94 bits per heavy atom. The van der Waals surface area contributed by atoms with Crippen LogP contribution in [0.4, 0.5) is 4.79 Å². The third-order valence-electron chi connectivity index (χ3n) is 2.91. The minimum Gasteiger partial charge on any atom is -0.449 e. The van der Waals surface area contributed by atoms with Crippen molar-refractivity contribution in [3.05, 3.63) is 35.4 Å². The number of benzene rings is 1. The van der Waals surface area contributed by atoms with E-state index >= 15 is 0 Å². The van der Waals surface area contributed by atoms with Crippen molar-refractivity contribution in [1.82, 2.24) is 5.32 Å². The molecule has 2 rings (SSSR count). The van der Waals surface area contributed by atoms with Crippen LogP contribution < -0.4 is 5.32 Å². The first kappa shape index (κ1) is 11.0. The highest BCUT2D eigenvalue weighted by molar-refractivity contribution is 5.68. The minimum absolute atomic E-state index is 0.0972. The summed E-state index contributed by atoms with van der Waals surface area (Å²) in [6.45, 7) is 4.84. The van der Waals surface area contributed by atoms with Gasteiger partial charge in [-0.2, -0.15) is 0 Å². The van der Waals surface area contributed by atoms with Crippen molar-refractivity contribution >= 4 is 6.09 Å². The lowest BCUT2D eigenvalue weighted by atomic mass is 9.96. The molecule has 1 aromatic carbocycles. The van der Waals surface area contributed by atoms with E-state index in [0.29, 0.717) is 12.5 Å². The number of cyclic esters (lactones) is 1. The van der Waals surface area contributed by atoms with Crippen LogP contribution in [0.15, 0.2) is 24.3 Å². The summed E-state index contributed by atoms with van der Waals surface area (Å²) in [6.07, 6.45) is 0.527. The van der Waals surface area contributed by atoms with Gasteiger partial charge in [-0.3, -0.25) is 0 Å². The van der Waals surface area contributed by atoms with Gasteiger partial charge in [0, 0.05) is 6.42 Å². The topological polar surface area (TPSA) is 38.3 Å². The Hall–Kier alpha value is -1.51. The van der Waals surface area contributed by atoms with Crippen LogP contribution in [0.3, 0.4) is 0 Å². The molecule has 1 fully saturated rings. The lowest BCUT2D eigenvalue weighted by Crippen LogP contribution is -2.35. The first-order valence-corrected chi connectivity index (χ1v) is 5.70. The average Bonchev–Trinajstić information content (AvgIpc) is 2.29. The highest BCUT2D eigenvalue weighted by Crippen LogP contribution is 2.23. The Kier molecular flexibility index (Phi) is 3.13. The first-order valence-electron chi connectivity index (χ1n) is 5.70. The van der Waals surface area contributed by atoms with E-state index in [9.17, 15) is 4.79 Å². The van der Waals surface area contributed by atoms with Crippen LogP contribution in [0, 0.1) is 0 Å². The highest BCUT2D eigenvalue weighted by Gasteiger charge is 2.20. The summed E-state index contributed by atoms with van der Waals surface area (Å²) in [7, 11) is 0. The van der Waals surface area contributed by atoms with Crippen molar-refractivity contribution in [3.63, 3.8) is 0 Å². The second-order valence-corrected chi connectivity index (χ2v) is 4.45. The predicted molar refractivity (Wildman–Crippen MR) is 62.4 cm³/mol. The van der Waals surface area contributed by atoms with Crippen LogP contribution in [0.2, 0.25) is 0 Å². The molecule has 1 N–H and O–H groups in total. The SMILES string of the molecule is CC(C)c1cccc([C@H]2CCOC(=O)N2)c1. The fourth-order valence-electron chi connectivity index (χ4n) is 1.91. The Bertz CT molecular complexity index is 387. The molecule has 1 heterocycles. The number of carbonyl (C=O) groups excluding carboxylic acids is 1. The van der Waals surface area contributed by atoms with Crippen LogP contribution in [-0.4, -0.2) is 12.7 Å². The van der Waals surface area contributed by atoms with E-state index in [-0.39, 0.29) is 12.1 Å². The standard InChI is InChI=1S/C13H17NO2/c1-9(2)10-4-3-5-11(8-10)12-6-7-16-13(15)14-12/h3-5,8-9,12H,6-7H2,1-2H3,(H,14,15)/t12-/m1/s1. The summed E-state index contributed by atoms with van der Waals surface area (Å²) in [4.78, 5) is 11.1. The molecule has 3 nitrogen and oxygen atoms in total. The fraction of sp³-hybridized carbons (Fsp3) is 0.462. The number of amides is 1. The molecule has 0 aromatic heterocycles. The maximum Gasteiger partial charge on any atom is 0.407 e. The highest BCUT2D eigenvalue weighted by atomic mass is 16.5. The van der Waals surface area contributed by atoms with Gasteiger partial charge in [0.25, 0.3) is 0 Å². The molecule has 0 radical (unpaired) electrons. The number of nitrogens with one attached hydrogen (secondary N) is 1. The molecule has 0 unspecified atom stereocenters. The third-order valence-corrected chi connectivity index (χ3v) is 2.91. The maximum atomic E-state index is 11.1. The molecule has 0 bridgehead atoms. The molecule has 1 aliphatic rings. The van der Waals surface area contributed by atoms with Gasteiger partial charge < -0.3 is 10.1 Å². The van der Waals surface area contributed by atoms with E-state index in [1.54, 1.807) is 0 Å². The molecule has 0 spiro atoms. The molecule has 1 atom stereocenters. The molecule has 0 aliphatic carbocycles. The quantitative estimate of drug-likeness (QED) is 0.830. The monoisotopic (exact) mass is 219 g/mol. The van der Waals surface area contributed by atoms with Crippen molar-refractivity contribution in [3.8, 4) is 0 Å². The zero-order valence-corrected chi connectivity index (χ0v) is 9.69. The van der Waals surface area contributed by atoms with Crippen LogP contribution >= 0.6 is 0 Å². The second kappa shape index (κ2) is 4.56. The van der Waals surface area contributed by atoms with Crippen LogP contribution in [0.1, 0.15) is 43.4 Å². The van der Waals surface area contributed by atoms with E-state index < -0.39 is 0 Å². The fourth-order valence-corrected chi connectivity index (χ4v) is 1.91. The summed E-state index contributed by atoms with van der Waals surface area (Å²) in [5, 5.41) is 2.84. The number of ether oxygens (including phenoxy) is 1. The molecule has 86 valence electrons. The van der Waals surface area contributed by atoms with E-state index in [0.717, 1.165) is 6.42 Å².